The lowest BCUT2D eigenvalue weighted by atomic mass is 10.1. The minimum absolute atomic E-state index is 0.131. The molecule has 1 fully saturated rings. The molecule has 1 saturated heterocycles. The first-order valence-corrected chi connectivity index (χ1v) is 7.49. The second kappa shape index (κ2) is 7.22. The van der Waals surface area contributed by atoms with Gasteiger partial charge in [0.1, 0.15) is 0 Å². The van der Waals surface area contributed by atoms with Crippen LogP contribution in [0.15, 0.2) is 24.3 Å². The number of rotatable bonds is 5. The summed E-state index contributed by atoms with van der Waals surface area (Å²) < 4.78 is 0. The number of carbonyl (C=O) groups excluding carboxylic acids is 2. The molecule has 1 atom stereocenters. The van der Waals surface area contributed by atoms with E-state index in [0.717, 1.165) is 31.5 Å². The summed E-state index contributed by atoms with van der Waals surface area (Å²) in [5.41, 5.74) is 6.68. The van der Waals surface area contributed by atoms with Crippen LogP contribution in [-0.2, 0) is 11.3 Å². The van der Waals surface area contributed by atoms with Gasteiger partial charge in [0.25, 0.3) is 0 Å². The number of amides is 2. The molecule has 0 aromatic heterocycles. The molecule has 5 heteroatoms. The van der Waals surface area contributed by atoms with Gasteiger partial charge in [0.2, 0.25) is 11.8 Å². The van der Waals surface area contributed by atoms with E-state index in [9.17, 15) is 9.59 Å². The van der Waals surface area contributed by atoms with Crippen molar-refractivity contribution in [3.05, 3.63) is 35.4 Å². The molecule has 0 saturated carbocycles. The van der Waals surface area contributed by atoms with Gasteiger partial charge < -0.3 is 16.0 Å². The lowest BCUT2D eigenvalue weighted by molar-refractivity contribution is -0.133. The summed E-state index contributed by atoms with van der Waals surface area (Å²) in [7, 11) is 0. The first kappa shape index (κ1) is 15.5. The lowest BCUT2D eigenvalue weighted by Gasteiger charge is -2.29. The van der Waals surface area contributed by atoms with Crippen molar-refractivity contribution < 1.29 is 9.59 Å². The van der Waals surface area contributed by atoms with Crippen molar-refractivity contribution in [1.29, 1.82) is 0 Å². The second-order valence-electron chi connectivity index (χ2n) is 5.51. The molecule has 0 radical (unpaired) electrons. The number of hydrogen-bond acceptors (Lipinski definition) is 3. The number of likely N-dealkylation sites (tertiary alicyclic amines) is 1. The zero-order valence-corrected chi connectivity index (χ0v) is 12.5. The Morgan fingerprint density at radius 1 is 1.24 bits per heavy atom. The Labute approximate surface area is 125 Å². The average molecular weight is 289 g/mol. The zero-order chi connectivity index (χ0) is 15.2. The summed E-state index contributed by atoms with van der Waals surface area (Å²) in [5.74, 6) is -0.311. The van der Waals surface area contributed by atoms with Gasteiger partial charge in [-0.2, -0.15) is 0 Å². The lowest BCUT2D eigenvalue weighted by Crippen LogP contribution is -2.46. The SMILES string of the molecule is CC(NCc1ccccc1C(N)=O)C(=O)N1CCCCC1. The molecule has 0 spiro atoms. The molecule has 21 heavy (non-hydrogen) atoms. The van der Waals surface area contributed by atoms with Crippen LogP contribution >= 0.6 is 0 Å². The number of nitrogens with zero attached hydrogens (tertiary/aromatic N) is 1. The maximum atomic E-state index is 12.3. The van der Waals surface area contributed by atoms with Crippen LogP contribution < -0.4 is 11.1 Å². The Bertz CT molecular complexity index is 510. The summed E-state index contributed by atoms with van der Waals surface area (Å²) in [5, 5.41) is 3.19. The van der Waals surface area contributed by atoms with E-state index in [2.05, 4.69) is 5.32 Å². The Balaban J connectivity index is 1.93. The molecule has 2 amide bonds. The molecular formula is C16H23N3O2. The maximum Gasteiger partial charge on any atom is 0.249 e. The van der Waals surface area contributed by atoms with Crippen LogP contribution in [0.4, 0.5) is 0 Å². The summed E-state index contributed by atoms with van der Waals surface area (Å²) in [6, 6.07) is 6.94. The molecule has 114 valence electrons. The molecule has 1 aromatic rings. The fourth-order valence-electron chi connectivity index (χ4n) is 2.65. The van der Waals surface area contributed by atoms with Gasteiger partial charge in [-0.05, 0) is 37.8 Å². The quantitative estimate of drug-likeness (QED) is 0.857. The minimum Gasteiger partial charge on any atom is -0.366 e. The third kappa shape index (κ3) is 4.04. The van der Waals surface area contributed by atoms with Crippen molar-refractivity contribution in [1.82, 2.24) is 10.2 Å². The largest absolute Gasteiger partial charge is 0.366 e. The van der Waals surface area contributed by atoms with Crippen LogP contribution in [0.25, 0.3) is 0 Å². The minimum atomic E-state index is -0.442. The van der Waals surface area contributed by atoms with Gasteiger partial charge in [-0.25, -0.2) is 0 Å². The van der Waals surface area contributed by atoms with Gasteiger partial charge in [-0.3, -0.25) is 9.59 Å². The van der Waals surface area contributed by atoms with Gasteiger partial charge in [-0.15, -0.1) is 0 Å². The van der Waals surface area contributed by atoms with Gasteiger partial charge in [-0.1, -0.05) is 18.2 Å². The van der Waals surface area contributed by atoms with Crippen molar-refractivity contribution in [2.45, 2.75) is 38.8 Å². The van der Waals surface area contributed by atoms with Crippen molar-refractivity contribution in [3.63, 3.8) is 0 Å². The number of nitrogens with two attached hydrogens (primary N) is 1. The predicted octanol–water partition coefficient (Wildman–Crippen LogP) is 1.28. The first-order valence-electron chi connectivity index (χ1n) is 7.49. The smallest absolute Gasteiger partial charge is 0.249 e. The van der Waals surface area contributed by atoms with Gasteiger partial charge in [0.15, 0.2) is 0 Å². The maximum absolute atomic E-state index is 12.3. The van der Waals surface area contributed by atoms with E-state index in [4.69, 9.17) is 5.73 Å². The van der Waals surface area contributed by atoms with E-state index in [1.165, 1.54) is 6.42 Å². The highest BCUT2D eigenvalue weighted by Crippen LogP contribution is 2.11. The average Bonchev–Trinajstić information content (AvgIpc) is 2.52. The van der Waals surface area contributed by atoms with Crippen molar-refractivity contribution in [3.8, 4) is 0 Å². The third-order valence-corrected chi connectivity index (χ3v) is 3.92. The van der Waals surface area contributed by atoms with Gasteiger partial charge >= 0.3 is 0 Å². The molecule has 2 rings (SSSR count). The van der Waals surface area contributed by atoms with Gasteiger partial charge in [0, 0.05) is 25.2 Å². The molecule has 1 aromatic carbocycles. The molecule has 0 aliphatic carbocycles. The fourth-order valence-corrected chi connectivity index (χ4v) is 2.65. The summed E-state index contributed by atoms with van der Waals surface area (Å²) in [6.45, 7) is 4.02. The molecular weight excluding hydrogens is 266 g/mol. The number of primary amides is 1. The number of nitrogens with one attached hydrogen (secondary N) is 1. The molecule has 1 aliphatic rings. The fraction of sp³-hybridized carbons (Fsp3) is 0.500. The highest BCUT2D eigenvalue weighted by Gasteiger charge is 2.21. The van der Waals surface area contributed by atoms with E-state index in [0.29, 0.717) is 12.1 Å². The molecule has 1 aliphatic heterocycles. The van der Waals surface area contributed by atoms with E-state index in [1.807, 2.05) is 24.0 Å². The van der Waals surface area contributed by atoms with Crippen molar-refractivity contribution in [2.24, 2.45) is 5.73 Å². The Morgan fingerprint density at radius 3 is 2.57 bits per heavy atom. The Hall–Kier alpha value is -1.88. The van der Waals surface area contributed by atoms with Crippen LogP contribution in [0, 0.1) is 0 Å². The molecule has 0 bridgehead atoms. The number of benzene rings is 1. The van der Waals surface area contributed by atoms with E-state index < -0.39 is 5.91 Å². The van der Waals surface area contributed by atoms with Crippen LogP contribution in [0.1, 0.15) is 42.1 Å². The number of piperidine rings is 1. The highest BCUT2D eigenvalue weighted by molar-refractivity contribution is 5.94. The van der Waals surface area contributed by atoms with Crippen molar-refractivity contribution >= 4 is 11.8 Å². The summed E-state index contributed by atoms with van der Waals surface area (Å²) in [6.07, 6.45) is 3.38. The Morgan fingerprint density at radius 2 is 1.90 bits per heavy atom. The van der Waals surface area contributed by atoms with Crippen LogP contribution in [0.5, 0.6) is 0 Å². The molecule has 3 N–H and O–H groups in total. The molecule has 1 unspecified atom stereocenters. The normalized spacial score (nSPS) is 16.5. The predicted molar refractivity (Wildman–Crippen MR) is 81.7 cm³/mol. The zero-order valence-electron chi connectivity index (χ0n) is 12.5. The van der Waals surface area contributed by atoms with E-state index in [1.54, 1.807) is 12.1 Å². The second-order valence-corrected chi connectivity index (χ2v) is 5.51. The monoisotopic (exact) mass is 289 g/mol. The third-order valence-electron chi connectivity index (χ3n) is 3.92. The number of carbonyl (C=O) groups is 2. The van der Waals surface area contributed by atoms with E-state index >= 15 is 0 Å². The summed E-state index contributed by atoms with van der Waals surface area (Å²) >= 11 is 0. The van der Waals surface area contributed by atoms with Crippen LogP contribution in [0.2, 0.25) is 0 Å². The molecule has 1 heterocycles. The topological polar surface area (TPSA) is 75.4 Å². The highest BCUT2D eigenvalue weighted by atomic mass is 16.2. The van der Waals surface area contributed by atoms with Crippen molar-refractivity contribution in [2.75, 3.05) is 13.1 Å². The Kier molecular flexibility index (Phi) is 5.33. The summed E-state index contributed by atoms with van der Waals surface area (Å²) in [4.78, 5) is 25.6. The first-order chi connectivity index (χ1) is 10.1. The molecule has 5 nitrogen and oxygen atoms in total. The van der Waals surface area contributed by atoms with Gasteiger partial charge in [0.05, 0.1) is 6.04 Å². The standard InChI is InChI=1S/C16H23N3O2/c1-12(16(21)19-9-5-2-6-10-19)18-11-13-7-3-4-8-14(13)15(17)20/h3-4,7-8,12,18H,2,5-6,9-11H2,1H3,(H2,17,20). The van der Waals surface area contributed by atoms with Crippen LogP contribution in [0.3, 0.4) is 0 Å². The van der Waals surface area contributed by atoms with E-state index in [-0.39, 0.29) is 11.9 Å². The van der Waals surface area contributed by atoms with Crippen LogP contribution in [-0.4, -0.2) is 35.8 Å². The number of hydrogen-bond donors (Lipinski definition) is 2.